The van der Waals surface area contributed by atoms with Crippen LogP contribution in [0.25, 0.3) is 21.5 Å². The second-order valence-electron chi connectivity index (χ2n) is 17.0. The van der Waals surface area contributed by atoms with Crippen LogP contribution >= 0.6 is 0 Å². The molecule has 0 saturated carbocycles. The highest BCUT2D eigenvalue weighted by Gasteiger charge is 2.45. The molecule has 0 unspecified atom stereocenters. The first-order valence-corrected chi connectivity index (χ1v) is 22.8. The third kappa shape index (κ3) is 9.71. The molecular formula is C54H54N2O12. The maximum absolute atomic E-state index is 13.7. The lowest BCUT2D eigenvalue weighted by Crippen LogP contribution is -2.29. The van der Waals surface area contributed by atoms with E-state index in [1.54, 1.807) is 48.5 Å². The molecule has 2 N–H and O–H groups in total. The van der Waals surface area contributed by atoms with Crippen molar-refractivity contribution in [2.75, 3.05) is 23.0 Å². The maximum atomic E-state index is 13.7. The number of nitrogens with zero attached hydrogens (tertiary/aromatic N) is 2. The van der Waals surface area contributed by atoms with Crippen LogP contribution in [0.2, 0.25) is 0 Å². The molecule has 4 amide bonds. The van der Waals surface area contributed by atoms with Gasteiger partial charge in [-0.25, -0.2) is 9.80 Å². The number of imide groups is 2. The van der Waals surface area contributed by atoms with Gasteiger partial charge in [-0.3, -0.25) is 28.8 Å². The first-order chi connectivity index (χ1) is 32.7. The minimum atomic E-state index is -0.954. The van der Waals surface area contributed by atoms with Crippen LogP contribution in [0.4, 0.5) is 11.4 Å². The van der Waals surface area contributed by atoms with Crippen molar-refractivity contribution in [3.05, 3.63) is 130 Å². The lowest BCUT2D eigenvalue weighted by atomic mass is 9.98. The monoisotopic (exact) mass is 922 g/mol. The second-order valence-corrected chi connectivity index (χ2v) is 17.0. The number of anilines is 2. The number of carbonyl (C=O) groups is 6. The van der Waals surface area contributed by atoms with Crippen LogP contribution in [0.3, 0.4) is 0 Å². The van der Waals surface area contributed by atoms with Gasteiger partial charge in [0.1, 0.15) is 23.0 Å². The maximum Gasteiger partial charge on any atom is 0.307 e. The van der Waals surface area contributed by atoms with Crippen molar-refractivity contribution in [3.63, 3.8) is 0 Å². The van der Waals surface area contributed by atoms with Crippen molar-refractivity contribution in [2.45, 2.75) is 92.3 Å². The van der Waals surface area contributed by atoms with Gasteiger partial charge in [-0.05, 0) is 75.9 Å². The average molecular weight is 923 g/mol. The minimum Gasteiger partial charge on any atom is -0.492 e. The van der Waals surface area contributed by atoms with Gasteiger partial charge in [0.25, 0.3) is 23.6 Å². The van der Waals surface area contributed by atoms with Crippen LogP contribution in [0.5, 0.6) is 23.0 Å². The zero-order valence-corrected chi connectivity index (χ0v) is 38.9. The number of rotatable bonds is 18. The predicted molar refractivity (Wildman–Crippen MR) is 258 cm³/mol. The summed E-state index contributed by atoms with van der Waals surface area (Å²) in [5, 5.41) is 20.9. The first kappa shape index (κ1) is 48.2. The van der Waals surface area contributed by atoms with Gasteiger partial charge < -0.3 is 29.2 Å². The molecule has 6 aromatic rings. The summed E-state index contributed by atoms with van der Waals surface area (Å²) in [6.45, 7) is 12.4. The molecule has 0 saturated heterocycles. The molecule has 0 bridgehead atoms. The van der Waals surface area contributed by atoms with Crippen molar-refractivity contribution < 1.29 is 57.9 Å². The van der Waals surface area contributed by atoms with E-state index >= 15 is 0 Å². The number of benzene rings is 6. The van der Waals surface area contributed by atoms with Crippen molar-refractivity contribution in [2.24, 2.45) is 0 Å². The molecule has 0 fully saturated rings. The Bertz CT molecular complexity index is 2720. The average Bonchev–Trinajstić information content (AvgIpc) is 3.72. The summed E-state index contributed by atoms with van der Waals surface area (Å²) in [6, 6.07) is 27.7. The fraction of sp³-hybridized carbons (Fsp3) is 0.296. The smallest absolute Gasteiger partial charge is 0.307 e. The van der Waals surface area contributed by atoms with Gasteiger partial charge in [0.2, 0.25) is 0 Å². The molecule has 0 aromatic heterocycles. The summed E-state index contributed by atoms with van der Waals surface area (Å²) in [5.41, 5.74) is 2.66. The zero-order chi connectivity index (χ0) is 48.8. The number of ether oxygens (including phenoxy) is 4. The van der Waals surface area contributed by atoms with Crippen molar-refractivity contribution in [1.29, 1.82) is 0 Å². The Hall–Kier alpha value is -7.74. The molecule has 0 aliphatic carbocycles. The van der Waals surface area contributed by atoms with Gasteiger partial charge in [0.05, 0.1) is 71.9 Å². The van der Waals surface area contributed by atoms with E-state index in [0.29, 0.717) is 80.3 Å². The summed E-state index contributed by atoms with van der Waals surface area (Å²) < 4.78 is 24.4. The number of unbranched alkanes of at least 4 members (excludes halogenated alkanes) is 2. The number of amides is 4. The van der Waals surface area contributed by atoms with Gasteiger partial charge >= 0.3 is 11.9 Å². The molecule has 0 radical (unpaired) electrons. The number of aliphatic carboxylic acids is 2. The number of carbonyl (C=O) groups excluding carboxylic acids is 4. The molecule has 0 spiro atoms. The largest absolute Gasteiger partial charge is 0.492 e. The van der Waals surface area contributed by atoms with Crippen LogP contribution in [0.1, 0.15) is 120 Å². The van der Waals surface area contributed by atoms with Crippen LogP contribution in [0.15, 0.2) is 97.1 Å². The van der Waals surface area contributed by atoms with E-state index < -0.39 is 35.6 Å². The van der Waals surface area contributed by atoms with E-state index in [-0.39, 0.29) is 47.3 Å². The minimum absolute atomic E-state index is 0.143. The van der Waals surface area contributed by atoms with E-state index in [4.69, 9.17) is 29.2 Å². The lowest BCUT2D eigenvalue weighted by Gasteiger charge is -2.18. The summed E-state index contributed by atoms with van der Waals surface area (Å²) >= 11 is 0. The van der Waals surface area contributed by atoms with Crippen molar-refractivity contribution >= 4 is 68.5 Å². The summed E-state index contributed by atoms with van der Waals surface area (Å²) in [5.74, 6) is -2.36. The first-order valence-electron chi connectivity index (χ1n) is 22.8. The molecule has 68 heavy (non-hydrogen) atoms. The Morgan fingerprint density at radius 2 is 0.765 bits per heavy atom. The zero-order valence-electron chi connectivity index (χ0n) is 38.9. The third-order valence-corrected chi connectivity index (χ3v) is 11.2. The van der Waals surface area contributed by atoms with Crippen LogP contribution < -0.4 is 28.7 Å². The number of carboxylic acids is 2. The fourth-order valence-corrected chi connectivity index (χ4v) is 8.20. The molecule has 6 aromatic carbocycles. The highest BCUT2D eigenvalue weighted by atomic mass is 16.5. The normalized spacial score (nSPS) is 13.0. The van der Waals surface area contributed by atoms with Crippen LogP contribution in [-0.4, -0.2) is 71.2 Å². The number of hydrogen-bond donors (Lipinski definition) is 2. The number of fused-ring (bicyclic) bond motifs is 4. The summed E-state index contributed by atoms with van der Waals surface area (Å²) in [6.07, 6.45) is 2.75. The Balaban J connectivity index is 0.000000201. The highest BCUT2D eigenvalue weighted by Crippen LogP contribution is 2.48. The molecule has 14 heteroatoms. The molecule has 2 heterocycles. The summed E-state index contributed by atoms with van der Waals surface area (Å²) in [4.78, 5) is 78.9. The van der Waals surface area contributed by atoms with E-state index in [0.717, 1.165) is 35.5 Å². The number of hydrogen-bond acceptors (Lipinski definition) is 10. The van der Waals surface area contributed by atoms with Gasteiger partial charge in [0, 0.05) is 21.5 Å². The van der Waals surface area contributed by atoms with E-state index in [1.807, 2.05) is 76.2 Å². The molecule has 2 aliphatic rings. The molecule has 2 aliphatic heterocycles. The SMILES string of the molecule is CCCCOc1c2c(c(OC(C)C)c3ccccc13)C(=O)N(c1ccc(CC(=O)O)cc1)C2=O.CCCCOc1c2c(c(OC(C)C)c3ccccc13)C(=O)N(c1ccc(CC(=O)O)cc1)C2=O. The van der Waals surface area contributed by atoms with Gasteiger partial charge in [-0.15, -0.1) is 0 Å². The summed E-state index contributed by atoms with van der Waals surface area (Å²) in [7, 11) is 0. The lowest BCUT2D eigenvalue weighted by molar-refractivity contribution is -0.137. The Morgan fingerprint density at radius 3 is 1.04 bits per heavy atom. The van der Waals surface area contributed by atoms with Gasteiger partial charge in [-0.1, -0.05) is 99.5 Å². The van der Waals surface area contributed by atoms with Crippen molar-refractivity contribution in [1.82, 2.24) is 0 Å². The fourth-order valence-electron chi connectivity index (χ4n) is 8.20. The topological polar surface area (TPSA) is 186 Å². The van der Waals surface area contributed by atoms with Crippen LogP contribution in [0, 0.1) is 0 Å². The van der Waals surface area contributed by atoms with E-state index in [9.17, 15) is 28.8 Å². The van der Waals surface area contributed by atoms with Gasteiger partial charge in [0.15, 0.2) is 0 Å². The van der Waals surface area contributed by atoms with Crippen LogP contribution in [-0.2, 0) is 22.4 Å². The Labute approximate surface area is 394 Å². The van der Waals surface area contributed by atoms with E-state index in [1.165, 1.54) is 0 Å². The third-order valence-electron chi connectivity index (χ3n) is 11.2. The van der Waals surface area contributed by atoms with Crippen molar-refractivity contribution in [3.8, 4) is 23.0 Å². The molecule has 0 atom stereocenters. The Morgan fingerprint density at radius 1 is 0.471 bits per heavy atom. The molecular weight excluding hydrogens is 869 g/mol. The Kier molecular flexibility index (Phi) is 14.8. The molecule has 14 nitrogen and oxygen atoms in total. The predicted octanol–water partition coefficient (Wildman–Crippen LogP) is 10.5. The quantitative estimate of drug-likeness (QED) is 0.0615. The second kappa shape index (κ2) is 20.8. The van der Waals surface area contributed by atoms with Gasteiger partial charge in [-0.2, -0.15) is 0 Å². The molecule has 8 rings (SSSR count). The molecule has 352 valence electrons. The standard InChI is InChI=1S/2C27H27NO6/c2*1-4-5-14-33-24-19-8-6-7-9-20(19)25(34-16(2)3)23-22(24)26(31)28(27(23)32)18-12-10-17(11-13-18)15-21(29)30/h2*6-13,16H,4-5,14-15H2,1-3H3,(H,29,30). The number of carboxylic acid groups (broad SMARTS) is 2. The highest BCUT2D eigenvalue weighted by molar-refractivity contribution is 6.39. The van der Waals surface area contributed by atoms with E-state index in [2.05, 4.69) is 13.8 Å².